The van der Waals surface area contributed by atoms with Crippen LogP contribution in [0.3, 0.4) is 0 Å². The lowest BCUT2D eigenvalue weighted by Gasteiger charge is -2.40. The Kier molecular flexibility index (Phi) is 4.60. The minimum absolute atomic E-state index is 0.240. The van der Waals surface area contributed by atoms with Gasteiger partial charge in [-0.25, -0.2) is 4.98 Å². The molecule has 0 spiro atoms. The zero-order valence-corrected chi connectivity index (χ0v) is 14.7. The molecule has 2 fully saturated rings. The van der Waals surface area contributed by atoms with E-state index < -0.39 is 0 Å². The highest BCUT2D eigenvalue weighted by molar-refractivity contribution is 5.77. The fourth-order valence-electron chi connectivity index (χ4n) is 3.58. The molecule has 1 aromatic heterocycles. The molecule has 0 unspecified atom stereocenters. The van der Waals surface area contributed by atoms with E-state index in [4.69, 9.17) is 0 Å². The number of carbonyl (C=O) groups is 1. The Morgan fingerprint density at radius 3 is 2.91 bits per heavy atom. The molecular weight excluding hydrogens is 286 g/mol. The van der Waals surface area contributed by atoms with Gasteiger partial charge in [-0.05, 0) is 51.4 Å². The van der Waals surface area contributed by atoms with Crippen molar-refractivity contribution in [1.82, 2.24) is 14.5 Å². The number of piperidine rings is 1. The average molecular weight is 315 g/mol. The van der Waals surface area contributed by atoms with Crippen LogP contribution in [0.4, 0.5) is 0 Å². The zero-order valence-electron chi connectivity index (χ0n) is 14.7. The van der Waals surface area contributed by atoms with Gasteiger partial charge < -0.3 is 9.47 Å². The second-order valence-corrected chi connectivity index (χ2v) is 7.90. The number of amides is 1. The summed E-state index contributed by atoms with van der Waals surface area (Å²) in [6, 6.07) is 0.622. The van der Waals surface area contributed by atoms with Gasteiger partial charge in [-0.3, -0.25) is 4.79 Å². The van der Waals surface area contributed by atoms with E-state index in [2.05, 4.69) is 41.3 Å². The van der Waals surface area contributed by atoms with Gasteiger partial charge >= 0.3 is 0 Å². The predicted octanol–water partition coefficient (Wildman–Crippen LogP) is 4.09. The summed E-state index contributed by atoms with van der Waals surface area (Å²) in [5, 5.41) is 0. The van der Waals surface area contributed by atoms with E-state index in [1.54, 1.807) is 0 Å². The van der Waals surface area contributed by atoms with Crippen LogP contribution in [0.15, 0.2) is 24.2 Å². The smallest absolute Gasteiger partial charge is 0.222 e. The molecule has 0 radical (unpaired) electrons. The van der Waals surface area contributed by atoms with Crippen molar-refractivity contribution in [2.24, 2.45) is 5.41 Å². The largest absolute Gasteiger partial charge is 0.336 e. The highest BCUT2D eigenvalue weighted by Gasteiger charge is 2.35. The number of imidazole rings is 1. The molecule has 3 rings (SSSR count). The normalized spacial score (nSPS) is 24.8. The van der Waals surface area contributed by atoms with Gasteiger partial charge in [-0.2, -0.15) is 0 Å². The molecule has 2 aliphatic rings. The van der Waals surface area contributed by atoms with Crippen molar-refractivity contribution in [3.05, 3.63) is 29.9 Å². The molecule has 1 aliphatic carbocycles. The molecule has 1 saturated carbocycles. The third-order valence-corrected chi connectivity index (χ3v) is 5.21. The zero-order chi connectivity index (χ0) is 16.4. The minimum Gasteiger partial charge on any atom is -0.336 e. The summed E-state index contributed by atoms with van der Waals surface area (Å²) < 4.78 is 2.27. The Morgan fingerprint density at radius 1 is 1.43 bits per heavy atom. The number of rotatable bonds is 6. The third kappa shape index (κ3) is 4.04. The first-order valence-corrected chi connectivity index (χ1v) is 8.89. The molecule has 4 heteroatoms. The number of likely N-dealkylation sites (tertiary alicyclic amines) is 1. The lowest BCUT2D eigenvalue weighted by molar-refractivity contribution is -0.138. The second kappa shape index (κ2) is 6.50. The topological polar surface area (TPSA) is 38.1 Å². The summed E-state index contributed by atoms with van der Waals surface area (Å²) in [7, 11) is 0. The van der Waals surface area contributed by atoms with Crippen molar-refractivity contribution in [3.8, 4) is 0 Å². The Balaban J connectivity index is 1.64. The maximum absolute atomic E-state index is 12.4. The molecule has 23 heavy (non-hydrogen) atoms. The first kappa shape index (κ1) is 16.3. The van der Waals surface area contributed by atoms with Crippen LogP contribution in [0.5, 0.6) is 0 Å². The summed E-state index contributed by atoms with van der Waals surface area (Å²) in [6.07, 6.45) is 12.6. The van der Waals surface area contributed by atoms with Crippen LogP contribution in [-0.4, -0.2) is 26.9 Å². The monoisotopic (exact) mass is 315 g/mol. The number of aromatic nitrogens is 2. The number of carbonyl (C=O) groups excluding carboxylic acids is 1. The minimum atomic E-state index is 0.240. The third-order valence-electron chi connectivity index (χ3n) is 5.21. The van der Waals surface area contributed by atoms with Crippen molar-refractivity contribution in [1.29, 1.82) is 0 Å². The molecule has 0 N–H and O–H groups in total. The molecule has 1 aromatic rings. The van der Waals surface area contributed by atoms with Crippen molar-refractivity contribution < 1.29 is 4.79 Å². The van der Waals surface area contributed by atoms with Gasteiger partial charge in [0.05, 0.1) is 18.6 Å². The molecule has 126 valence electrons. The van der Waals surface area contributed by atoms with Crippen molar-refractivity contribution in [3.63, 3.8) is 0 Å². The first-order chi connectivity index (χ1) is 11.0. The second-order valence-electron chi connectivity index (χ2n) is 7.90. The molecule has 0 bridgehead atoms. The van der Waals surface area contributed by atoms with E-state index in [0.29, 0.717) is 24.9 Å². The lowest BCUT2D eigenvalue weighted by Crippen LogP contribution is -2.44. The summed E-state index contributed by atoms with van der Waals surface area (Å²) in [5.41, 5.74) is 2.81. The van der Waals surface area contributed by atoms with Crippen LogP contribution in [0.1, 0.15) is 71.0 Å². The Bertz CT molecular complexity index is 596. The quantitative estimate of drug-likeness (QED) is 0.741. The number of allylic oxidation sites excluding steroid dienone is 2. The standard InChI is InChI=1S/C19H29N3O/c1-15(2)5-4-9-19(3)10-8-18(23)21(13-19)12-17-11-20-14-22(17)16-6-7-16/h5,11,14,16H,4,6-10,12-13H2,1-3H3/t19-/m0/s1. The van der Waals surface area contributed by atoms with Crippen LogP contribution in [0.2, 0.25) is 0 Å². The fourth-order valence-corrected chi connectivity index (χ4v) is 3.58. The van der Waals surface area contributed by atoms with Gasteiger partial charge in [0.15, 0.2) is 0 Å². The Morgan fingerprint density at radius 2 is 2.22 bits per heavy atom. The van der Waals surface area contributed by atoms with Crippen molar-refractivity contribution in [2.45, 2.75) is 71.9 Å². The van der Waals surface area contributed by atoms with E-state index in [0.717, 1.165) is 25.8 Å². The summed E-state index contributed by atoms with van der Waals surface area (Å²) in [4.78, 5) is 18.7. The highest BCUT2D eigenvalue weighted by atomic mass is 16.2. The summed E-state index contributed by atoms with van der Waals surface area (Å²) >= 11 is 0. The molecular formula is C19H29N3O. The maximum atomic E-state index is 12.4. The van der Waals surface area contributed by atoms with Crippen LogP contribution >= 0.6 is 0 Å². The van der Waals surface area contributed by atoms with Crippen LogP contribution in [0.25, 0.3) is 0 Å². The molecule has 0 aromatic carbocycles. The van der Waals surface area contributed by atoms with Crippen LogP contribution < -0.4 is 0 Å². The number of nitrogens with zero attached hydrogens (tertiary/aromatic N) is 3. The SMILES string of the molecule is CC(C)=CCC[C@@]1(C)CCC(=O)N(Cc2cncn2C2CC2)C1. The highest BCUT2D eigenvalue weighted by Crippen LogP contribution is 2.38. The lowest BCUT2D eigenvalue weighted by atomic mass is 9.77. The average Bonchev–Trinajstić information content (AvgIpc) is 3.23. The van der Waals surface area contributed by atoms with Gasteiger partial charge in [-0.15, -0.1) is 0 Å². The van der Waals surface area contributed by atoms with Gasteiger partial charge in [-0.1, -0.05) is 18.6 Å². The fraction of sp³-hybridized carbons (Fsp3) is 0.684. The van der Waals surface area contributed by atoms with Gasteiger partial charge in [0, 0.05) is 25.2 Å². The molecule has 1 amide bonds. The maximum Gasteiger partial charge on any atom is 0.222 e. The van der Waals surface area contributed by atoms with Crippen LogP contribution in [0, 0.1) is 5.41 Å². The molecule has 1 atom stereocenters. The summed E-state index contributed by atoms with van der Waals surface area (Å²) in [6.45, 7) is 8.23. The predicted molar refractivity (Wildman–Crippen MR) is 91.9 cm³/mol. The van der Waals surface area contributed by atoms with Gasteiger partial charge in [0.1, 0.15) is 0 Å². The van der Waals surface area contributed by atoms with E-state index in [9.17, 15) is 4.79 Å². The summed E-state index contributed by atoms with van der Waals surface area (Å²) in [5.74, 6) is 0.299. The number of hydrogen-bond acceptors (Lipinski definition) is 2. The van der Waals surface area contributed by atoms with Crippen molar-refractivity contribution >= 4 is 5.91 Å². The van der Waals surface area contributed by atoms with Crippen molar-refractivity contribution in [2.75, 3.05) is 6.54 Å². The Hall–Kier alpha value is -1.58. The van der Waals surface area contributed by atoms with Gasteiger partial charge in [0.2, 0.25) is 5.91 Å². The van der Waals surface area contributed by atoms with Crippen LogP contribution in [-0.2, 0) is 11.3 Å². The molecule has 1 aliphatic heterocycles. The molecule has 4 nitrogen and oxygen atoms in total. The van der Waals surface area contributed by atoms with E-state index in [1.165, 1.54) is 24.1 Å². The Labute approximate surface area is 139 Å². The van der Waals surface area contributed by atoms with E-state index >= 15 is 0 Å². The van der Waals surface area contributed by atoms with E-state index in [1.807, 2.05) is 12.5 Å². The molecule has 2 heterocycles. The van der Waals surface area contributed by atoms with E-state index in [-0.39, 0.29) is 5.41 Å². The first-order valence-electron chi connectivity index (χ1n) is 8.89. The molecule has 1 saturated heterocycles. The number of hydrogen-bond donors (Lipinski definition) is 0. The van der Waals surface area contributed by atoms with Gasteiger partial charge in [0.25, 0.3) is 0 Å².